The smallest absolute Gasteiger partial charge is 0.178 e. The Bertz CT molecular complexity index is 663. The molecule has 2 aromatic rings. The van der Waals surface area contributed by atoms with E-state index in [0.717, 1.165) is 29.0 Å². The van der Waals surface area contributed by atoms with Gasteiger partial charge in [-0.25, -0.2) is 0 Å². The molecule has 0 amide bonds. The minimum absolute atomic E-state index is 0.342. The maximum atomic E-state index is 9.13. The van der Waals surface area contributed by atoms with E-state index in [1.807, 2.05) is 30.0 Å². The second-order valence-corrected chi connectivity index (χ2v) is 6.23. The number of hydrogen-bond donors (Lipinski definition) is 1. The molecule has 5 heteroatoms. The van der Waals surface area contributed by atoms with E-state index in [2.05, 4.69) is 29.5 Å². The molecule has 2 rings (SSSR count). The molecule has 0 fully saturated rings. The van der Waals surface area contributed by atoms with Crippen molar-refractivity contribution in [1.29, 1.82) is 5.26 Å². The molecule has 0 saturated heterocycles. The summed E-state index contributed by atoms with van der Waals surface area (Å²) in [6.45, 7) is 4.35. The Kier molecular flexibility index (Phi) is 4.67. The Labute approximate surface area is 122 Å². The SMILES string of the molecule is CCSCCC(C)n1c(=S)[nH]c2c(C#N)cccc21. The third-order valence-corrected chi connectivity index (χ3v) is 4.43. The van der Waals surface area contributed by atoms with Crippen molar-refractivity contribution in [3.8, 4) is 6.07 Å². The number of thioether (sulfide) groups is 1. The number of nitriles is 1. The van der Waals surface area contributed by atoms with Crippen molar-refractivity contribution in [2.45, 2.75) is 26.3 Å². The van der Waals surface area contributed by atoms with Crippen molar-refractivity contribution in [3.63, 3.8) is 0 Å². The number of para-hydroxylation sites is 1. The number of imidazole rings is 1. The van der Waals surface area contributed by atoms with Gasteiger partial charge in [0.05, 0.1) is 16.6 Å². The summed E-state index contributed by atoms with van der Waals surface area (Å²) in [5, 5.41) is 9.13. The first kappa shape index (κ1) is 14.2. The van der Waals surface area contributed by atoms with Gasteiger partial charge in [-0.1, -0.05) is 13.0 Å². The topological polar surface area (TPSA) is 44.5 Å². The largest absolute Gasteiger partial charge is 0.329 e. The number of rotatable bonds is 5. The lowest BCUT2D eigenvalue weighted by Gasteiger charge is -2.14. The van der Waals surface area contributed by atoms with Gasteiger partial charge in [-0.3, -0.25) is 0 Å². The van der Waals surface area contributed by atoms with Crippen LogP contribution in [0.25, 0.3) is 11.0 Å². The van der Waals surface area contributed by atoms with Crippen LogP contribution < -0.4 is 0 Å². The quantitative estimate of drug-likeness (QED) is 0.660. The molecule has 100 valence electrons. The van der Waals surface area contributed by atoms with Crippen molar-refractivity contribution in [2.75, 3.05) is 11.5 Å². The highest BCUT2D eigenvalue weighted by atomic mass is 32.2. The zero-order chi connectivity index (χ0) is 13.8. The van der Waals surface area contributed by atoms with Crippen LogP contribution in [0.2, 0.25) is 0 Å². The average molecular weight is 291 g/mol. The highest BCUT2D eigenvalue weighted by molar-refractivity contribution is 7.99. The van der Waals surface area contributed by atoms with Crippen LogP contribution in [0.4, 0.5) is 0 Å². The summed E-state index contributed by atoms with van der Waals surface area (Å²) in [6, 6.07) is 8.29. The summed E-state index contributed by atoms with van der Waals surface area (Å²) < 4.78 is 2.83. The van der Waals surface area contributed by atoms with Gasteiger partial charge in [0.1, 0.15) is 6.07 Å². The van der Waals surface area contributed by atoms with Gasteiger partial charge in [-0.2, -0.15) is 17.0 Å². The Morgan fingerprint density at radius 3 is 3.00 bits per heavy atom. The van der Waals surface area contributed by atoms with E-state index in [0.29, 0.717) is 16.4 Å². The Morgan fingerprint density at radius 2 is 2.32 bits per heavy atom. The lowest BCUT2D eigenvalue weighted by Crippen LogP contribution is -2.06. The molecule has 1 atom stereocenters. The third kappa shape index (κ3) is 2.85. The van der Waals surface area contributed by atoms with Crippen LogP contribution in [0, 0.1) is 16.1 Å². The average Bonchev–Trinajstić information content (AvgIpc) is 2.74. The van der Waals surface area contributed by atoms with Gasteiger partial charge < -0.3 is 9.55 Å². The van der Waals surface area contributed by atoms with E-state index in [1.165, 1.54) is 0 Å². The van der Waals surface area contributed by atoms with Gasteiger partial charge in [0, 0.05) is 6.04 Å². The number of hydrogen-bond acceptors (Lipinski definition) is 3. The van der Waals surface area contributed by atoms with Crippen LogP contribution in [0.1, 0.15) is 31.9 Å². The molecule has 0 radical (unpaired) electrons. The molecule has 0 aliphatic rings. The van der Waals surface area contributed by atoms with Gasteiger partial charge in [0.25, 0.3) is 0 Å². The molecule has 1 aromatic carbocycles. The fourth-order valence-electron chi connectivity index (χ4n) is 2.21. The van der Waals surface area contributed by atoms with E-state index in [9.17, 15) is 0 Å². The number of aromatic amines is 1. The summed E-state index contributed by atoms with van der Waals surface area (Å²) >= 11 is 7.35. The van der Waals surface area contributed by atoms with Crippen molar-refractivity contribution >= 4 is 35.0 Å². The van der Waals surface area contributed by atoms with Gasteiger partial charge in [0.2, 0.25) is 0 Å². The Hall–Kier alpha value is -1.25. The zero-order valence-electron chi connectivity index (χ0n) is 11.1. The molecule has 1 aromatic heterocycles. The van der Waals surface area contributed by atoms with Gasteiger partial charge in [-0.15, -0.1) is 0 Å². The number of nitrogens with one attached hydrogen (secondary N) is 1. The summed E-state index contributed by atoms with van der Waals surface area (Å²) in [7, 11) is 0. The first-order valence-electron chi connectivity index (χ1n) is 6.40. The van der Waals surface area contributed by atoms with Gasteiger partial charge in [-0.05, 0) is 49.2 Å². The van der Waals surface area contributed by atoms with Crippen LogP contribution in [0.3, 0.4) is 0 Å². The number of H-pyrrole nitrogens is 1. The summed E-state index contributed by atoms with van der Waals surface area (Å²) in [5.74, 6) is 2.27. The lowest BCUT2D eigenvalue weighted by molar-refractivity contribution is 0.543. The van der Waals surface area contributed by atoms with Crippen molar-refractivity contribution in [1.82, 2.24) is 9.55 Å². The maximum absolute atomic E-state index is 9.13. The number of fused-ring (bicyclic) bond motifs is 1. The molecular formula is C14H17N3S2. The number of nitrogens with zero attached hydrogens (tertiary/aromatic N) is 2. The van der Waals surface area contributed by atoms with Crippen LogP contribution in [0.5, 0.6) is 0 Å². The van der Waals surface area contributed by atoms with E-state index in [4.69, 9.17) is 17.5 Å². The lowest BCUT2D eigenvalue weighted by atomic mass is 10.2. The van der Waals surface area contributed by atoms with Crippen LogP contribution in [0.15, 0.2) is 18.2 Å². The zero-order valence-corrected chi connectivity index (χ0v) is 12.8. The first-order valence-corrected chi connectivity index (χ1v) is 7.96. The standard InChI is InChI=1S/C14H17N3S2/c1-3-19-8-7-10(2)17-12-6-4-5-11(9-15)13(12)16-14(17)18/h4-6,10H,3,7-8H2,1-2H3,(H,16,18). The molecular weight excluding hydrogens is 274 g/mol. The fraction of sp³-hybridized carbons (Fsp3) is 0.429. The predicted molar refractivity (Wildman–Crippen MR) is 84.2 cm³/mol. The Morgan fingerprint density at radius 1 is 1.53 bits per heavy atom. The summed E-state index contributed by atoms with van der Waals surface area (Å²) in [6.07, 6.45) is 1.08. The normalized spacial score (nSPS) is 12.5. The highest BCUT2D eigenvalue weighted by Crippen LogP contribution is 2.24. The molecule has 0 saturated carbocycles. The van der Waals surface area contributed by atoms with E-state index in [1.54, 1.807) is 0 Å². The first-order chi connectivity index (χ1) is 9.19. The number of aromatic nitrogens is 2. The molecule has 19 heavy (non-hydrogen) atoms. The fourth-order valence-corrected chi connectivity index (χ4v) is 3.38. The van der Waals surface area contributed by atoms with E-state index >= 15 is 0 Å². The van der Waals surface area contributed by atoms with Crippen LogP contribution >= 0.6 is 24.0 Å². The monoisotopic (exact) mass is 291 g/mol. The molecule has 0 aliphatic carbocycles. The summed E-state index contributed by atoms with van der Waals surface area (Å²) in [4.78, 5) is 3.17. The number of benzene rings is 1. The predicted octanol–water partition coefficient (Wildman–Crippen LogP) is 4.27. The molecule has 0 bridgehead atoms. The molecule has 1 N–H and O–H groups in total. The second-order valence-electron chi connectivity index (χ2n) is 4.45. The van der Waals surface area contributed by atoms with E-state index < -0.39 is 0 Å². The van der Waals surface area contributed by atoms with Gasteiger partial charge in [0.15, 0.2) is 4.77 Å². The Balaban J connectivity index is 2.41. The van der Waals surface area contributed by atoms with Crippen LogP contribution in [-0.2, 0) is 0 Å². The molecule has 1 heterocycles. The maximum Gasteiger partial charge on any atom is 0.178 e. The van der Waals surface area contributed by atoms with E-state index in [-0.39, 0.29) is 0 Å². The van der Waals surface area contributed by atoms with Crippen molar-refractivity contribution < 1.29 is 0 Å². The van der Waals surface area contributed by atoms with Crippen molar-refractivity contribution in [3.05, 3.63) is 28.5 Å². The van der Waals surface area contributed by atoms with Crippen LogP contribution in [-0.4, -0.2) is 21.1 Å². The molecule has 3 nitrogen and oxygen atoms in total. The van der Waals surface area contributed by atoms with Crippen molar-refractivity contribution in [2.24, 2.45) is 0 Å². The minimum atomic E-state index is 0.342. The third-order valence-electron chi connectivity index (χ3n) is 3.20. The summed E-state index contributed by atoms with van der Waals surface area (Å²) in [5.41, 5.74) is 2.53. The molecule has 0 aliphatic heterocycles. The second kappa shape index (κ2) is 6.27. The minimum Gasteiger partial charge on any atom is -0.329 e. The molecule has 0 spiro atoms. The highest BCUT2D eigenvalue weighted by Gasteiger charge is 2.12. The van der Waals surface area contributed by atoms with Gasteiger partial charge >= 0.3 is 0 Å². The molecule has 1 unspecified atom stereocenters.